The fourth-order valence-electron chi connectivity index (χ4n) is 7.16. The van der Waals surface area contributed by atoms with E-state index in [0.29, 0.717) is 32.2 Å². The Hall–Kier alpha value is -3.46. The monoisotopic (exact) mass is 585 g/mol. The predicted octanol–water partition coefficient (Wildman–Crippen LogP) is 5.41. The molecule has 1 N–H and O–H groups in total. The molecule has 228 valence electrons. The lowest BCUT2D eigenvalue weighted by molar-refractivity contribution is -0.142. The SMILES string of the molecule is COCC1C(C(=O)O)CCN1c1cccc(-c2cccc(C)c2OCc2ccc3c(c2C)CCN(C2CCOCC2)C3)n1. The van der Waals surface area contributed by atoms with Crippen molar-refractivity contribution < 1.29 is 24.1 Å². The predicted molar refractivity (Wildman–Crippen MR) is 167 cm³/mol. The number of para-hydroxylation sites is 1. The van der Waals surface area contributed by atoms with Gasteiger partial charge >= 0.3 is 5.97 Å². The minimum absolute atomic E-state index is 0.255. The molecule has 2 fully saturated rings. The Morgan fingerprint density at radius 2 is 1.86 bits per heavy atom. The number of carbonyl (C=O) groups is 1. The van der Waals surface area contributed by atoms with Crippen LogP contribution in [0.1, 0.15) is 47.1 Å². The summed E-state index contributed by atoms with van der Waals surface area (Å²) >= 11 is 0. The molecule has 3 aliphatic rings. The van der Waals surface area contributed by atoms with Crippen LogP contribution in [0, 0.1) is 19.8 Å². The first kappa shape index (κ1) is 29.6. The van der Waals surface area contributed by atoms with Gasteiger partial charge in [0.2, 0.25) is 0 Å². The maximum Gasteiger partial charge on any atom is 0.308 e. The zero-order valence-corrected chi connectivity index (χ0v) is 25.6. The van der Waals surface area contributed by atoms with Gasteiger partial charge in [0.15, 0.2) is 0 Å². The van der Waals surface area contributed by atoms with Crippen LogP contribution in [0.3, 0.4) is 0 Å². The minimum Gasteiger partial charge on any atom is -0.488 e. The fraction of sp³-hybridized carbons (Fsp3) is 0.486. The number of ether oxygens (including phenoxy) is 3. The molecular weight excluding hydrogens is 542 g/mol. The summed E-state index contributed by atoms with van der Waals surface area (Å²) in [6.07, 6.45) is 3.90. The maximum absolute atomic E-state index is 11.9. The standard InChI is InChI=1S/C35H43N3O5/c1-23-6-4-7-29(31-8-5-9-33(36-31)38-17-13-30(35(39)40)32(38)22-41-3)34(23)43-21-26-11-10-25-20-37(16-12-28(25)24(26)2)27-14-18-42-19-15-27/h4-11,27,30,32H,12-22H2,1-3H3,(H,39,40). The molecule has 2 unspecified atom stereocenters. The van der Waals surface area contributed by atoms with Crippen molar-refractivity contribution in [2.24, 2.45) is 5.92 Å². The first-order valence-electron chi connectivity index (χ1n) is 15.5. The second kappa shape index (κ2) is 13.0. The third kappa shape index (κ3) is 6.14. The minimum atomic E-state index is -0.788. The number of fused-ring (bicyclic) bond motifs is 1. The highest BCUT2D eigenvalue weighted by Crippen LogP contribution is 2.36. The van der Waals surface area contributed by atoms with E-state index in [-0.39, 0.29) is 6.04 Å². The molecule has 1 aromatic heterocycles. The van der Waals surface area contributed by atoms with Crippen LogP contribution in [0.2, 0.25) is 0 Å². The fourth-order valence-corrected chi connectivity index (χ4v) is 7.16. The van der Waals surface area contributed by atoms with Crippen LogP contribution >= 0.6 is 0 Å². The summed E-state index contributed by atoms with van der Waals surface area (Å²) in [4.78, 5) is 21.6. The van der Waals surface area contributed by atoms with Crippen LogP contribution in [-0.4, -0.2) is 73.1 Å². The van der Waals surface area contributed by atoms with Gasteiger partial charge in [-0.15, -0.1) is 0 Å². The lowest BCUT2D eigenvalue weighted by Gasteiger charge is -2.38. The van der Waals surface area contributed by atoms with E-state index in [9.17, 15) is 9.90 Å². The molecule has 2 atom stereocenters. The van der Waals surface area contributed by atoms with Crippen LogP contribution in [0.25, 0.3) is 11.3 Å². The number of aromatic nitrogens is 1. The van der Waals surface area contributed by atoms with Crippen molar-refractivity contribution in [2.45, 2.75) is 64.8 Å². The number of nitrogens with zero attached hydrogens (tertiary/aromatic N) is 3. The number of hydrogen-bond acceptors (Lipinski definition) is 7. The van der Waals surface area contributed by atoms with E-state index < -0.39 is 11.9 Å². The summed E-state index contributed by atoms with van der Waals surface area (Å²) in [5, 5.41) is 9.75. The summed E-state index contributed by atoms with van der Waals surface area (Å²) in [6.45, 7) is 9.64. The molecule has 0 amide bonds. The number of hydrogen-bond donors (Lipinski definition) is 1. The second-order valence-corrected chi connectivity index (χ2v) is 12.1. The van der Waals surface area contributed by atoms with Crippen molar-refractivity contribution in [1.82, 2.24) is 9.88 Å². The van der Waals surface area contributed by atoms with Gasteiger partial charge in [0.1, 0.15) is 18.2 Å². The first-order chi connectivity index (χ1) is 20.9. The van der Waals surface area contributed by atoms with Crippen LogP contribution in [-0.2, 0) is 33.8 Å². The highest BCUT2D eigenvalue weighted by Gasteiger charge is 2.39. The average molecular weight is 586 g/mol. The topological polar surface area (TPSA) is 84.4 Å². The van der Waals surface area contributed by atoms with Gasteiger partial charge in [-0.05, 0) is 85.5 Å². The third-order valence-electron chi connectivity index (χ3n) is 9.63. The Labute approximate surface area is 254 Å². The van der Waals surface area contributed by atoms with Crippen molar-refractivity contribution >= 4 is 11.8 Å². The summed E-state index contributed by atoms with van der Waals surface area (Å²) in [7, 11) is 1.61. The van der Waals surface area contributed by atoms with E-state index in [1.807, 2.05) is 24.3 Å². The first-order valence-corrected chi connectivity index (χ1v) is 15.5. The van der Waals surface area contributed by atoms with Gasteiger partial charge in [0.05, 0.1) is 24.3 Å². The Balaban J connectivity index is 1.21. The van der Waals surface area contributed by atoms with E-state index in [2.05, 4.69) is 47.9 Å². The molecule has 0 bridgehead atoms. The third-order valence-corrected chi connectivity index (χ3v) is 9.63. The van der Waals surface area contributed by atoms with E-state index in [1.165, 1.54) is 22.3 Å². The molecule has 4 heterocycles. The van der Waals surface area contributed by atoms with Gasteiger partial charge in [0, 0.05) is 51.6 Å². The van der Waals surface area contributed by atoms with Crippen LogP contribution in [0.4, 0.5) is 5.82 Å². The van der Waals surface area contributed by atoms with Gasteiger partial charge in [-0.2, -0.15) is 0 Å². The molecule has 0 saturated carbocycles. The molecule has 8 heteroatoms. The van der Waals surface area contributed by atoms with Gasteiger partial charge in [-0.3, -0.25) is 9.69 Å². The molecule has 0 spiro atoms. The molecule has 6 rings (SSSR count). The number of pyridine rings is 1. The lowest BCUT2D eigenvalue weighted by Crippen LogP contribution is -2.42. The Morgan fingerprint density at radius 1 is 1.05 bits per heavy atom. The van der Waals surface area contributed by atoms with Gasteiger partial charge in [-0.1, -0.05) is 30.3 Å². The number of rotatable bonds is 9. The number of methoxy groups -OCH3 is 1. The van der Waals surface area contributed by atoms with Crippen molar-refractivity contribution in [3.63, 3.8) is 0 Å². The average Bonchev–Trinajstić information content (AvgIpc) is 3.46. The number of carboxylic acid groups (broad SMARTS) is 1. The van der Waals surface area contributed by atoms with Crippen molar-refractivity contribution in [3.8, 4) is 17.0 Å². The molecular formula is C35H43N3O5. The van der Waals surface area contributed by atoms with E-state index >= 15 is 0 Å². The summed E-state index contributed by atoms with van der Waals surface area (Å²) in [6, 6.07) is 17.0. The van der Waals surface area contributed by atoms with Gasteiger partial charge in [0.25, 0.3) is 0 Å². The maximum atomic E-state index is 11.9. The zero-order chi connectivity index (χ0) is 29.9. The summed E-state index contributed by atoms with van der Waals surface area (Å²) < 4.78 is 17.6. The van der Waals surface area contributed by atoms with Gasteiger partial charge < -0.3 is 24.2 Å². The largest absolute Gasteiger partial charge is 0.488 e. The van der Waals surface area contributed by atoms with Crippen LogP contribution in [0.5, 0.6) is 5.75 Å². The summed E-state index contributed by atoms with van der Waals surface area (Å²) in [5.41, 5.74) is 8.26. The number of anilines is 1. The Morgan fingerprint density at radius 3 is 2.65 bits per heavy atom. The van der Waals surface area contributed by atoms with Crippen LogP contribution < -0.4 is 9.64 Å². The second-order valence-electron chi connectivity index (χ2n) is 12.1. The smallest absolute Gasteiger partial charge is 0.308 e. The van der Waals surface area contributed by atoms with Crippen molar-refractivity contribution in [3.05, 3.63) is 76.3 Å². The molecule has 3 aromatic rings. The van der Waals surface area contributed by atoms with Gasteiger partial charge in [-0.25, -0.2) is 4.98 Å². The normalized spacial score (nSPS) is 21.1. The van der Waals surface area contributed by atoms with Crippen LogP contribution in [0.15, 0.2) is 48.5 Å². The Kier molecular flexibility index (Phi) is 8.98. The number of aliphatic carboxylic acids is 1. The highest BCUT2D eigenvalue weighted by molar-refractivity contribution is 5.74. The van der Waals surface area contributed by atoms with E-state index in [4.69, 9.17) is 19.2 Å². The van der Waals surface area contributed by atoms with Crippen molar-refractivity contribution in [1.29, 1.82) is 0 Å². The Bertz CT molecular complexity index is 1450. The van der Waals surface area contributed by atoms with E-state index in [0.717, 1.165) is 74.0 Å². The van der Waals surface area contributed by atoms with Crippen molar-refractivity contribution in [2.75, 3.05) is 44.9 Å². The molecule has 3 aliphatic heterocycles. The summed E-state index contributed by atoms with van der Waals surface area (Å²) in [5.74, 6) is 0.321. The molecule has 43 heavy (non-hydrogen) atoms. The number of benzene rings is 2. The number of carboxylic acids is 1. The molecule has 8 nitrogen and oxygen atoms in total. The molecule has 2 aromatic carbocycles. The highest BCUT2D eigenvalue weighted by atomic mass is 16.5. The van der Waals surface area contributed by atoms with E-state index in [1.54, 1.807) is 7.11 Å². The lowest BCUT2D eigenvalue weighted by atomic mass is 9.90. The zero-order valence-electron chi connectivity index (χ0n) is 25.6. The molecule has 0 aliphatic carbocycles. The number of aryl methyl sites for hydroxylation is 1. The molecule has 0 radical (unpaired) electrons. The quantitative estimate of drug-likeness (QED) is 0.357. The molecule has 2 saturated heterocycles.